The highest BCUT2D eigenvalue weighted by molar-refractivity contribution is 14.0. The van der Waals surface area contributed by atoms with Crippen LogP contribution in [0.4, 0.5) is 0 Å². The number of guanidine groups is 1. The molecule has 1 aromatic rings. The fraction of sp³-hybridized carbons (Fsp3) is 0.682. The molecule has 0 radical (unpaired) electrons. The van der Waals surface area contributed by atoms with Crippen molar-refractivity contribution in [3.8, 4) is 11.5 Å². The quantitative estimate of drug-likeness (QED) is 0.278. The van der Waals surface area contributed by atoms with Crippen LogP contribution in [0, 0.1) is 5.41 Å². The summed E-state index contributed by atoms with van der Waals surface area (Å²) in [5.41, 5.74) is 1.44. The molecule has 1 saturated carbocycles. The lowest BCUT2D eigenvalue weighted by atomic mass is 9.67. The Morgan fingerprint density at radius 3 is 2.31 bits per heavy atom. The zero-order valence-corrected chi connectivity index (χ0v) is 21.1. The first kappa shape index (κ1) is 25.8. The summed E-state index contributed by atoms with van der Waals surface area (Å²) >= 11 is 0. The zero-order chi connectivity index (χ0) is 20.6. The first-order valence-electron chi connectivity index (χ1n) is 10.1. The molecule has 0 amide bonds. The Balaban J connectivity index is 0.00000420. The van der Waals surface area contributed by atoms with E-state index in [1.165, 1.54) is 24.8 Å². The maximum absolute atomic E-state index is 5.45. The summed E-state index contributed by atoms with van der Waals surface area (Å²) in [6.45, 7) is 6.93. The van der Waals surface area contributed by atoms with Gasteiger partial charge in [-0.25, -0.2) is 0 Å². The van der Waals surface area contributed by atoms with Crippen LogP contribution in [-0.4, -0.2) is 54.0 Å². The van der Waals surface area contributed by atoms with E-state index in [1.807, 2.05) is 19.2 Å². The molecule has 0 saturated heterocycles. The van der Waals surface area contributed by atoms with Gasteiger partial charge in [0.15, 0.2) is 17.5 Å². The lowest BCUT2D eigenvalue weighted by Crippen LogP contribution is -2.49. The maximum atomic E-state index is 5.45. The number of nitrogens with zero attached hydrogens (tertiary/aromatic N) is 1. The van der Waals surface area contributed by atoms with Crippen LogP contribution in [0.5, 0.6) is 11.5 Å². The molecule has 0 unspecified atom stereocenters. The Kier molecular flexibility index (Phi) is 10.5. The van der Waals surface area contributed by atoms with Gasteiger partial charge in [-0.15, -0.1) is 24.0 Å². The summed E-state index contributed by atoms with van der Waals surface area (Å²) in [5.74, 6) is 2.34. The Bertz CT molecular complexity index is 661. The number of halogens is 1. The second-order valence-corrected chi connectivity index (χ2v) is 8.33. The number of methoxy groups -OCH3 is 3. The third kappa shape index (κ3) is 6.91. The molecular formula is C22H38IN3O3. The minimum absolute atomic E-state index is 0. The molecule has 1 fully saturated rings. The fourth-order valence-corrected chi connectivity index (χ4v) is 3.67. The molecule has 0 spiro atoms. The van der Waals surface area contributed by atoms with Crippen LogP contribution in [0.3, 0.4) is 0 Å². The number of aliphatic imine (C=N–C) groups is 1. The summed E-state index contributed by atoms with van der Waals surface area (Å²) in [5, 5.41) is 7.01. The third-order valence-electron chi connectivity index (χ3n) is 5.97. The summed E-state index contributed by atoms with van der Waals surface area (Å²) in [6.07, 6.45) is 4.93. The van der Waals surface area contributed by atoms with Crippen LogP contribution >= 0.6 is 24.0 Å². The summed E-state index contributed by atoms with van der Waals surface area (Å²) in [6, 6.07) is 6.09. The third-order valence-corrected chi connectivity index (χ3v) is 5.97. The number of nitrogens with one attached hydrogen (secondary N) is 2. The van der Waals surface area contributed by atoms with Crippen molar-refractivity contribution in [1.82, 2.24) is 10.6 Å². The highest BCUT2D eigenvalue weighted by Crippen LogP contribution is 2.43. The lowest BCUT2D eigenvalue weighted by molar-refractivity contribution is 0.0732. The average molecular weight is 519 g/mol. The molecule has 29 heavy (non-hydrogen) atoms. The van der Waals surface area contributed by atoms with Gasteiger partial charge in [0.2, 0.25) is 0 Å². The van der Waals surface area contributed by atoms with E-state index < -0.39 is 0 Å². The van der Waals surface area contributed by atoms with Gasteiger partial charge in [-0.05, 0) is 42.4 Å². The van der Waals surface area contributed by atoms with E-state index in [9.17, 15) is 0 Å². The normalized spacial score (nSPS) is 15.7. The Morgan fingerprint density at radius 2 is 1.79 bits per heavy atom. The molecule has 0 aromatic heterocycles. The van der Waals surface area contributed by atoms with Crippen LogP contribution in [0.2, 0.25) is 0 Å². The standard InChI is InChI=1S/C22H37N3O3.HI/c1-21(2,17-8-9-18(27-5)19(14-17)28-6)15-24-20(23-3)25-16-22(10-7-11-22)12-13-26-4;/h8-9,14H,7,10-13,15-16H2,1-6H3,(H2,23,24,25);1H. The Morgan fingerprint density at radius 1 is 1.10 bits per heavy atom. The zero-order valence-electron chi connectivity index (χ0n) is 18.8. The molecule has 2 rings (SSSR count). The molecule has 1 aromatic carbocycles. The number of rotatable bonds is 10. The summed E-state index contributed by atoms with van der Waals surface area (Å²) in [4.78, 5) is 4.41. The van der Waals surface area contributed by atoms with Gasteiger partial charge in [0.25, 0.3) is 0 Å². The van der Waals surface area contributed by atoms with Gasteiger partial charge in [-0.2, -0.15) is 0 Å². The minimum atomic E-state index is -0.0959. The van der Waals surface area contributed by atoms with Gasteiger partial charge in [0.05, 0.1) is 14.2 Å². The number of ether oxygens (including phenoxy) is 3. The van der Waals surface area contributed by atoms with E-state index in [-0.39, 0.29) is 29.4 Å². The Hall–Kier alpha value is -1.22. The van der Waals surface area contributed by atoms with Gasteiger partial charge < -0.3 is 24.8 Å². The van der Waals surface area contributed by atoms with Gasteiger partial charge in [-0.1, -0.05) is 26.3 Å². The molecule has 7 heteroatoms. The lowest BCUT2D eigenvalue weighted by Gasteiger charge is -2.42. The van der Waals surface area contributed by atoms with E-state index in [1.54, 1.807) is 21.3 Å². The monoisotopic (exact) mass is 519 g/mol. The molecule has 1 aliphatic carbocycles. The van der Waals surface area contributed by atoms with Crippen LogP contribution in [0.15, 0.2) is 23.2 Å². The maximum Gasteiger partial charge on any atom is 0.191 e. The van der Waals surface area contributed by atoms with Crippen LogP contribution in [0.25, 0.3) is 0 Å². The van der Waals surface area contributed by atoms with Gasteiger partial charge in [0.1, 0.15) is 0 Å². The van der Waals surface area contributed by atoms with Crippen LogP contribution in [0.1, 0.15) is 45.1 Å². The first-order valence-corrected chi connectivity index (χ1v) is 10.1. The highest BCUT2D eigenvalue weighted by atomic mass is 127. The van der Waals surface area contributed by atoms with Crippen LogP contribution in [-0.2, 0) is 10.2 Å². The number of benzene rings is 1. The molecule has 166 valence electrons. The first-order chi connectivity index (χ1) is 13.4. The van der Waals surface area contributed by atoms with Gasteiger partial charge in [-0.3, -0.25) is 4.99 Å². The topological polar surface area (TPSA) is 64.1 Å². The highest BCUT2D eigenvalue weighted by Gasteiger charge is 2.36. The minimum Gasteiger partial charge on any atom is -0.493 e. The molecule has 0 aliphatic heterocycles. The van der Waals surface area contributed by atoms with E-state index in [4.69, 9.17) is 14.2 Å². The summed E-state index contributed by atoms with van der Waals surface area (Å²) in [7, 11) is 6.91. The second kappa shape index (κ2) is 11.8. The average Bonchev–Trinajstić information content (AvgIpc) is 2.68. The number of hydrogen-bond acceptors (Lipinski definition) is 4. The molecule has 2 N–H and O–H groups in total. The van der Waals surface area contributed by atoms with Crippen molar-refractivity contribution in [3.63, 3.8) is 0 Å². The molecular weight excluding hydrogens is 481 g/mol. The van der Waals surface area contributed by atoms with E-state index in [0.29, 0.717) is 5.41 Å². The van der Waals surface area contributed by atoms with E-state index in [0.717, 1.165) is 43.6 Å². The molecule has 1 aliphatic rings. The molecule has 0 heterocycles. The van der Waals surface area contributed by atoms with Crippen molar-refractivity contribution >= 4 is 29.9 Å². The largest absolute Gasteiger partial charge is 0.493 e. The number of hydrogen-bond donors (Lipinski definition) is 2. The molecule has 6 nitrogen and oxygen atoms in total. The molecule has 0 atom stereocenters. The smallest absolute Gasteiger partial charge is 0.191 e. The summed E-state index contributed by atoms with van der Waals surface area (Å²) < 4.78 is 16.1. The second-order valence-electron chi connectivity index (χ2n) is 8.33. The van der Waals surface area contributed by atoms with E-state index >= 15 is 0 Å². The predicted molar refractivity (Wildman–Crippen MR) is 130 cm³/mol. The van der Waals surface area contributed by atoms with Crippen molar-refractivity contribution in [2.45, 2.75) is 44.9 Å². The molecule has 0 bridgehead atoms. The van der Waals surface area contributed by atoms with Crippen molar-refractivity contribution in [3.05, 3.63) is 23.8 Å². The van der Waals surface area contributed by atoms with Crippen LogP contribution < -0.4 is 20.1 Å². The van der Waals surface area contributed by atoms with Crippen molar-refractivity contribution in [2.75, 3.05) is 48.1 Å². The van der Waals surface area contributed by atoms with Crippen molar-refractivity contribution in [2.24, 2.45) is 10.4 Å². The van der Waals surface area contributed by atoms with Gasteiger partial charge in [0, 0.05) is 39.3 Å². The fourth-order valence-electron chi connectivity index (χ4n) is 3.67. The van der Waals surface area contributed by atoms with E-state index in [2.05, 4.69) is 35.5 Å². The SMILES string of the molecule is CN=C(NCC1(CCOC)CCC1)NCC(C)(C)c1ccc(OC)c(OC)c1.I. The van der Waals surface area contributed by atoms with Gasteiger partial charge >= 0.3 is 0 Å². The van der Waals surface area contributed by atoms with Crippen molar-refractivity contribution < 1.29 is 14.2 Å². The Labute approximate surface area is 193 Å². The predicted octanol–water partition coefficient (Wildman–Crippen LogP) is 3.97. The van der Waals surface area contributed by atoms with Crippen molar-refractivity contribution in [1.29, 1.82) is 0 Å².